The molecule has 0 atom stereocenters. The van der Waals surface area contributed by atoms with E-state index in [-0.39, 0.29) is 5.43 Å². The molecule has 0 radical (unpaired) electrons. The van der Waals surface area contributed by atoms with Crippen LogP contribution in [0, 0.1) is 6.92 Å². The Bertz CT molecular complexity index is 738. The van der Waals surface area contributed by atoms with Gasteiger partial charge in [0.2, 0.25) is 0 Å². The van der Waals surface area contributed by atoms with Gasteiger partial charge in [0.15, 0.2) is 5.43 Å². The van der Waals surface area contributed by atoms with Gasteiger partial charge in [-0.3, -0.25) is 4.79 Å². The van der Waals surface area contributed by atoms with Crippen LogP contribution >= 0.6 is 0 Å². The molecule has 0 N–H and O–H groups in total. The van der Waals surface area contributed by atoms with E-state index in [9.17, 15) is 4.79 Å². The highest BCUT2D eigenvalue weighted by Crippen LogP contribution is 2.22. The smallest absolute Gasteiger partial charge is 0.196 e. The lowest BCUT2D eigenvalue weighted by molar-refractivity contribution is 0.598. The van der Waals surface area contributed by atoms with Crippen LogP contribution in [0.3, 0.4) is 0 Å². The third-order valence-electron chi connectivity index (χ3n) is 2.84. The molecule has 0 unspecified atom stereocenters. The van der Waals surface area contributed by atoms with Gasteiger partial charge in [-0.2, -0.15) is 0 Å². The minimum absolute atomic E-state index is 0.0538. The highest BCUT2D eigenvalue weighted by atomic mass is 16.3. The molecule has 3 rings (SSSR count). The molecule has 2 nitrogen and oxygen atoms in total. The molecule has 0 saturated carbocycles. The lowest BCUT2D eigenvalue weighted by Crippen LogP contribution is -2.04. The number of aryl methyl sites for hydroxylation is 1. The van der Waals surface area contributed by atoms with Crippen molar-refractivity contribution in [3.8, 4) is 0 Å². The first kappa shape index (κ1) is 9.16. The van der Waals surface area contributed by atoms with Crippen LogP contribution in [0.4, 0.5) is 0 Å². The molecule has 0 aliphatic rings. The summed E-state index contributed by atoms with van der Waals surface area (Å²) in [4.78, 5) is 12.1. The van der Waals surface area contributed by atoms with Gasteiger partial charge in [0.25, 0.3) is 0 Å². The van der Waals surface area contributed by atoms with Crippen molar-refractivity contribution < 1.29 is 4.42 Å². The van der Waals surface area contributed by atoms with Crippen LogP contribution in [0.25, 0.3) is 21.7 Å². The normalized spacial score (nSPS) is 11.1. The molecule has 0 saturated heterocycles. The zero-order chi connectivity index (χ0) is 11.1. The standard InChI is InChI=1S/C14H10O2/c1-9-8-16-12-7-6-10-4-2-3-5-11(10)13(12)14(9)15/h2-8H,1H3. The Kier molecular flexibility index (Phi) is 1.83. The third kappa shape index (κ3) is 1.16. The summed E-state index contributed by atoms with van der Waals surface area (Å²) in [5.41, 5.74) is 1.34. The minimum Gasteiger partial charge on any atom is -0.464 e. The first-order valence-electron chi connectivity index (χ1n) is 5.17. The van der Waals surface area contributed by atoms with Crippen molar-refractivity contribution in [2.45, 2.75) is 6.92 Å². The van der Waals surface area contributed by atoms with Gasteiger partial charge in [-0.05, 0) is 23.8 Å². The van der Waals surface area contributed by atoms with Gasteiger partial charge in [0.1, 0.15) is 5.58 Å². The Morgan fingerprint density at radius 2 is 1.88 bits per heavy atom. The van der Waals surface area contributed by atoms with Crippen LogP contribution in [0.5, 0.6) is 0 Å². The second-order valence-corrected chi connectivity index (χ2v) is 3.91. The predicted octanol–water partition coefficient (Wildman–Crippen LogP) is 3.25. The van der Waals surface area contributed by atoms with Crippen LogP contribution in [0.15, 0.2) is 51.9 Å². The third-order valence-corrected chi connectivity index (χ3v) is 2.84. The second kappa shape index (κ2) is 3.20. The van der Waals surface area contributed by atoms with Gasteiger partial charge >= 0.3 is 0 Å². The van der Waals surface area contributed by atoms with Crippen molar-refractivity contribution in [3.05, 3.63) is 58.4 Å². The zero-order valence-electron chi connectivity index (χ0n) is 8.86. The molecule has 2 aromatic carbocycles. The maximum Gasteiger partial charge on any atom is 0.196 e. The molecule has 0 aliphatic heterocycles. The van der Waals surface area contributed by atoms with E-state index in [0.717, 1.165) is 10.8 Å². The highest BCUT2D eigenvalue weighted by Gasteiger charge is 2.07. The monoisotopic (exact) mass is 210 g/mol. The van der Waals surface area contributed by atoms with Crippen LogP contribution in [-0.2, 0) is 0 Å². The van der Waals surface area contributed by atoms with Gasteiger partial charge in [-0.15, -0.1) is 0 Å². The first-order valence-corrected chi connectivity index (χ1v) is 5.17. The Hall–Kier alpha value is -2.09. The molecule has 16 heavy (non-hydrogen) atoms. The van der Waals surface area contributed by atoms with E-state index >= 15 is 0 Å². The van der Waals surface area contributed by atoms with E-state index < -0.39 is 0 Å². The molecular formula is C14H10O2. The van der Waals surface area contributed by atoms with Crippen molar-refractivity contribution in [2.24, 2.45) is 0 Å². The summed E-state index contributed by atoms with van der Waals surface area (Å²) in [6.45, 7) is 1.77. The molecule has 1 aromatic heterocycles. The first-order chi connectivity index (χ1) is 7.77. The molecule has 0 amide bonds. The number of hydrogen-bond donors (Lipinski definition) is 0. The molecular weight excluding hydrogens is 200 g/mol. The molecule has 78 valence electrons. The summed E-state index contributed by atoms with van der Waals surface area (Å²) >= 11 is 0. The largest absolute Gasteiger partial charge is 0.464 e. The Morgan fingerprint density at radius 3 is 2.75 bits per heavy atom. The summed E-state index contributed by atoms with van der Waals surface area (Å²) in [7, 11) is 0. The van der Waals surface area contributed by atoms with Gasteiger partial charge in [0.05, 0.1) is 11.6 Å². The summed E-state index contributed by atoms with van der Waals surface area (Å²) < 4.78 is 5.43. The van der Waals surface area contributed by atoms with E-state index in [4.69, 9.17) is 4.42 Å². The lowest BCUT2D eigenvalue weighted by Gasteiger charge is -2.02. The van der Waals surface area contributed by atoms with Crippen molar-refractivity contribution in [1.82, 2.24) is 0 Å². The van der Waals surface area contributed by atoms with E-state index in [2.05, 4.69) is 0 Å². The van der Waals surface area contributed by atoms with Gasteiger partial charge in [-0.1, -0.05) is 30.3 Å². The minimum atomic E-state index is 0.0538. The van der Waals surface area contributed by atoms with Crippen LogP contribution in [0.2, 0.25) is 0 Å². The van der Waals surface area contributed by atoms with Crippen molar-refractivity contribution in [2.75, 3.05) is 0 Å². The van der Waals surface area contributed by atoms with Gasteiger partial charge < -0.3 is 4.42 Å². The maximum absolute atomic E-state index is 12.1. The molecule has 0 fully saturated rings. The second-order valence-electron chi connectivity index (χ2n) is 3.91. The average Bonchev–Trinajstić information content (AvgIpc) is 2.33. The topological polar surface area (TPSA) is 30.2 Å². The van der Waals surface area contributed by atoms with Crippen LogP contribution in [-0.4, -0.2) is 0 Å². The lowest BCUT2D eigenvalue weighted by atomic mass is 10.0. The molecule has 0 bridgehead atoms. The zero-order valence-corrected chi connectivity index (χ0v) is 8.86. The fourth-order valence-corrected chi connectivity index (χ4v) is 1.99. The number of fused-ring (bicyclic) bond motifs is 3. The van der Waals surface area contributed by atoms with E-state index in [1.54, 1.807) is 6.92 Å². The predicted molar refractivity (Wildman–Crippen MR) is 64.7 cm³/mol. The van der Waals surface area contributed by atoms with Crippen molar-refractivity contribution in [1.29, 1.82) is 0 Å². The average molecular weight is 210 g/mol. The van der Waals surface area contributed by atoms with E-state index in [0.29, 0.717) is 16.5 Å². The Balaban J connectivity index is 2.69. The van der Waals surface area contributed by atoms with Crippen LogP contribution < -0.4 is 5.43 Å². The van der Waals surface area contributed by atoms with Crippen molar-refractivity contribution >= 4 is 21.7 Å². The fourth-order valence-electron chi connectivity index (χ4n) is 1.99. The Morgan fingerprint density at radius 1 is 1.06 bits per heavy atom. The molecule has 0 aliphatic carbocycles. The number of rotatable bonds is 0. The summed E-state index contributed by atoms with van der Waals surface area (Å²) in [5, 5.41) is 2.70. The van der Waals surface area contributed by atoms with Gasteiger partial charge in [0, 0.05) is 5.56 Å². The fraction of sp³-hybridized carbons (Fsp3) is 0.0714. The summed E-state index contributed by atoms with van der Waals surface area (Å²) in [6, 6.07) is 11.7. The maximum atomic E-state index is 12.1. The molecule has 3 aromatic rings. The Labute approximate surface area is 92.1 Å². The van der Waals surface area contributed by atoms with Crippen molar-refractivity contribution in [3.63, 3.8) is 0 Å². The quantitative estimate of drug-likeness (QED) is 0.533. The number of benzene rings is 2. The van der Waals surface area contributed by atoms with E-state index in [1.807, 2.05) is 36.4 Å². The highest BCUT2D eigenvalue weighted by molar-refractivity contribution is 6.05. The SMILES string of the molecule is Cc1coc2ccc3ccccc3c2c1=O. The molecule has 0 spiro atoms. The molecule has 1 heterocycles. The summed E-state index contributed by atoms with van der Waals surface area (Å²) in [6.07, 6.45) is 1.51. The van der Waals surface area contributed by atoms with E-state index in [1.165, 1.54) is 6.26 Å². The van der Waals surface area contributed by atoms with Gasteiger partial charge in [-0.25, -0.2) is 0 Å². The molecule has 2 heteroatoms. The summed E-state index contributed by atoms with van der Waals surface area (Å²) in [5.74, 6) is 0. The van der Waals surface area contributed by atoms with Crippen LogP contribution in [0.1, 0.15) is 5.56 Å². The number of hydrogen-bond acceptors (Lipinski definition) is 2.